The Morgan fingerprint density at radius 1 is 1.18 bits per heavy atom. The van der Waals surface area contributed by atoms with Gasteiger partial charge in [0.1, 0.15) is 5.65 Å². The van der Waals surface area contributed by atoms with Crippen LogP contribution in [0.2, 0.25) is 5.02 Å². The Kier molecular flexibility index (Phi) is 7.40. The van der Waals surface area contributed by atoms with E-state index in [1.54, 1.807) is 19.2 Å². The quantitative estimate of drug-likeness (QED) is 0.489. The van der Waals surface area contributed by atoms with Crippen LogP contribution < -0.4 is 9.47 Å². The highest BCUT2D eigenvalue weighted by molar-refractivity contribution is 6.32. The van der Waals surface area contributed by atoms with Crippen LogP contribution in [0.5, 0.6) is 11.5 Å². The van der Waals surface area contributed by atoms with Gasteiger partial charge >= 0.3 is 0 Å². The molecule has 1 saturated heterocycles. The van der Waals surface area contributed by atoms with E-state index >= 15 is 0 Å². The number of nitrogens with zero attached hydrogens (tertiary/aromatic N) is 4. The monoisotopic (exact) mass is 470 g/mol. The molecule has 1 aliphatic rings. The molecule has 0 aliphatic carbocycles. The molecule has 1 aromatic carbocycles. The smallest absolute Gasteiger partial charge is 0.254 e. The van der Waals surface area contributed by atoms with Gasteiger partial charge in [0.2, 0.25) is 0 Å². The van der Waals surface area contributed by atoms with Crippen LogP contribution in [0.3, 0.4) is 0 Å². The topological polar surface area (TPSA) is 59.3 Å². The van der Waals surface area contributed by atoms with E-state index in [1.165, 1.54) is 0 Å². The maximum absolute atomic E-state index is 13.2. The number of pyridine rings is 1. The molecule has 176 valence electrons. The zero-order chi connectivity index (χ0) is 23.4. The van der Waals surface area contributed by atoms with Crippen molar-refractivity contribution in [3.63, 3.8) is 0 Å². The minimum absolute atomic E-state index is 0.0451. The molecule has 1 amide bonds. The van der Waals surface area contributed by atoms with E-state index in [-0.39, 0.29) is 5.91 Å². The lowest BCUT2D eigenvalue weighted by Crippen LogP contribution is -2.48. The summed E-state index contributed by atoms with van der Waals surface area (Å²) in [6, 6.07) is 9.39. The molecule has 8 heteroatoms. The van der Waals surface area contributed by atoms with E-state index in [9.17, 15) is 4.79 Å². The van der Waals surface area contributed by atoms with Gasteiger partial charge in [-0.15, -0.1) is 0 Å². The first-order valence-electron chi connectivity index (χ1n) is 11.4. The number of amides is 1. The van der Waals surface area contributed by atoms with Gasteiger partial charge in [0.05, 0.1) is 24.4 Å². The summed E-state index contributed by atoms with van der Waals surface area (Å²) in [5.74, 6) is 1.46. The van der Waals surface area contributed by atoms with Crippen molar-refractivity contribution in [1.29, 1.82) is 0 Å². The zero-order valence-corrected chi connectivity index (χ0v) is 20.2. The Bertz CT molecular complexity index is 1070. The van der Waals surface area contributed by atoms with Crippen molar-refractivity contribution in [2.45, 2.75) is 26.8 Å². The lowest BCUT2D eigenvalue weighted by Gasteiger charge is -2.34. The number of carbonyl (C=O) groups is 1. The van der Waals surface area contributed by atoms with Crippen LogP contribution in [0, 0.1) is 5.92 Å². The predicted octanol–water partition coefficient (Wildman–Crippen LogP) is 4.38. The molecule has 3 heterocycles. The van der Waals surface area contributed by atoms with Gasteiger partial charge in [-0.05, 0) is 36.6 Å². The third-order valence-corrected chi connectivity index (χ3v) is 6.16. The first kappa shape index (κ1) is 23.4. The number of aromatic nitrogens is 2. The minimum Gasteiger partial charge on any atom is -0.493 e. The lowest BCUT2D eigenvalue weighted by molar-refractivity contribution is 0.0627. The van der Waals surface area contributed by atoms with Crippen molar-refractivity contribution in [2.24, 2.45) is 5.92 Å². The van der Waals surface area contributed by atoms with Crippen LogP contribution in [0.15, 0.2) is 42.7 Å². The number of fused-ring (bicyclic) bond motifs is 1. The molecule has 0 bridgehead atoms. The van der Waals surface area contributed by atoms with Crippen LogP contribution in [-0.2, 0) is 6.54 Å². The summed E-state index contributed by atoms with van der Waals surface area (Å²) < 4.78 is 13.3. The molecule has 0 N–H and O–H groups in total. The molecule has 1 aliphatic heterocycles. The average molecular weight is 471 g/mol. The van der Waals surface area contributed by atoms with Crippen molar-refractivity contribution in [3.05, 3.63) is 59.0 Å². The summed E-state index contributed by atoms with van der Waals surface area (Å²) in [5, 5.41) is 0.395. The van der Waals surface area contributed by atoms with E-state index in [0.29, 0.717) is 47.7 Å². The fourth-order valence-electron chi connectivity index (χ4n) is 3.96. The lowest BCUT2D eigenvalue weighted by atomic mass is 10.1. The van der Waals surface area contributed by atoms with Crippen molar-refractivity contribution < 1.29 is 14.3 Å². The minimum atomic E-state index is -0.0451. The molecule has 0 radical (unpaired) electrons. The van der Waals surface area contributed by atoms with Crippen LogP contribution >= 0.6 is 11.6 Å². The summed E-state index contributed by atoms with van der Waals surface area (Å²) >= 11 is 6.47. The first-order valence-corrected chi connectivity index (χ1v) is 11.8. The molecule has 0 atom stereocenters. The number of hydrogen-bond acceptors (Lipinski definition) is 5. The number of rotatable bonds is 8. The summed E-state index contributed by atoms with van der Waals surface area (Å²) in [4.78, 5) is 22.0. The SMILES string of the molecule is COc1cc(C(=O)N2CCN(Cc3cn4ccccc4n3)CC2)cc(Cl)c1OCCC(C)C. The van der Waals surface area contributed by atoms with Crippen molar-refractivity contribution >= 4 is 23.2 Å². The number of imidazole rings is 1. The van der Waals surface area contributed by atoms with Gasteiger partial charge in [0.15, 0.2) is 11.5 Å². The van der Waals surface area contributed by atoms with Gasteiger partial charge in [0.25, 0.3) is 5.91 Å². The van der Waals surface area contributed by atoms with E-state index in [2.05, 4.69) is 29.9 Å². The Morgan fingerprint density at radius 2 is 1.97 bits per heavy atom. The molecule has 4 rings (SSSR count). The summed E-state index contributed by atoms with van der Waals surface area (Å²) in [6.07, 6.45) is 4.98. The van der Waals surface area contributed by atoms with Crippen molar-refractivity contribution in [1.82, 2.24) is 19.2 Å². The standard InChI is InChI=1S/C25H31ClN4O3/c1-18(2)7-13-33-24-21(26)14-19(15-22(24)32-3)25(31)29-11-9-28(10-12-29)16-20-17-30-8-5-4-6-23(30)27-20/h4-6,8,14-15,17-18H,7,9-13,16H2,1-3H3. The van der Waals surface area contributed by atoms with Crippen LogP contribution in [0.25, 0.3) is 5.65 Å². The molecule has 33 heavy (non-hydrogen) atoms. The molecule has 3 aromatic rings. The van der Waals surface area contributed by atoms with E-state index < -0.39 is 0 Å². The van der Waals surface area contributed by atoms with Gasteiger partial charge in [-0.25, -0.2) is 4.98 Å². The molecular formula is C25H31ClN4O3. The summed E-state index contributed by atoms with van der Waals surface area (Å²) in [6.45, 7) is 8.49. The number of benzene rings is 1. The highest BCUT2D eigenvalue weighted by atomic mass is 35.5. The Balaban J connectivity index is 1.37. The second kappa shape index (κ2) is 10.4. The second-order valence-electron chi connectivity index (χ2n) is 8.79. The highest BCUT2D eigenvalue weighted by Crippen LogP contribution is 2.37. The van der Waals surface area contributed by atoms with Gasteiger partial charge in [-0.2, -0.15) is 0 Å². The molecule has 0 saturated carbocycles. The predicted molar refractivity (Wildman–Crippen MR) is 129 cm³/mol. The van der Waals surface area contributed by atoms with E-state index in [4.69, 9.17) is 21.1 Å². The number of piperazine rings is 1. The maximum Gasteiger partial charge on any atom is 0.254 e. The Morgan fingerprint density at radius 3 is 2.67 bits per heavy atom. The third kappa shape index (κ3) is 5.60. The fraction of sp³-hybridized carbons (Fsp3) is 0.440. The number of hydrogen-bond donors (Lipinski definition) is 0. The molecule has 0 unspecified atom stereocenters. The van der Waals surface area contributed by atoms with Crippen LogP contribution in [0.4, 0.5) is 0 Å². The van der Waals surface area contributed by atoms with Crippen LogP contribution in [0.1, 0.15) is 36.3 Å². The normalized spacial score (nSPS) is 14.8. The fourth-order valence-corrected chi connectivity index (χ4v) is 4.23. The average Bonchev–Trinajstić information content (AvgIpc) is 3.22. The summed E-state index contributed by atoms with van der Waals surface area (Å²) in [7, 11) is 1.56. The highest BCUT2D eigenvalue weighted by Gasteiger charge is 2.25. The number of ether oxygens (including phenoxy) is 2. The molecule has 1 fully saturated rings. The summed E-state index contributed by atoms with van der Waals surface area (Å²) in [5.41, 5.74) is 2.50. The van der Waals surface area contributed by atoms with Gasteiger partial charge in [0, 0.05) is 50.7 Å². The zero-order valence-electron chi connectivity index (χ0n) is 19.5. The number of halogens is 1. The molecular weight excluding hydrogens is 440 g/mol. The number of methoxy groups -OCH3 is 1. The number of carbonyl (C=O) groups excluding carboxylic acids is 1. The molecule has 0 spiro atoms. The molecule has 2 aromatic heterocycles. The second-order valence-corrected chi connectivity index (χ2v) is 9.19. The van der Waals surface area contributed by atoms with Crippen LogP contribution in [-0.4, -0.2) is 65.0 Å². The first-order chi connectivity index (χ1) is 15.9. The Hall–Kier alpha value is -2.77. The maximum atomic E-state index is 13.2. The van der Waals surface area contributed by atoms with Gasteiger partial charge < -0.3 is 18.8 Å². The van der Waals surface area contributed by atoms with Gasteiger partial charge in [-0.1, -0.05) is 31.5 Å². The largest absolute Gasteiger partial charge is 0.493 e. The third-order valence-electron chi connectivity index (χ3n) is 5.88. The van der Waals surface area contributed by atoms with Gasteiger partial charge in [-0.3, -0.25) is 9.69 Å². The molecule has 7 nitrogen and oxygen atoms in total. The van der Waals surface area contributed by atoms with Crippen molar-refractivity contribution in [2.75, 3.05) is 39.9 Å². The van der Waals surface area contributed by atoms with E-state index in [1.807, 2.05) is 33.7 Å². The van der Waals surface area contributed by atoms with E-state index in [0.717, 1.165) is 37.4 Å². The Labute approximate surface area is 199 Å². The van der Waals surface area contributed by atoms with Crippen molar-refractivity contribution in [3.8, 4) is 11.5 Å².